The Morgan fingerprint density at radius 3 is 2.93 bits per heavy atom. The quantitative estimate of drug-likeness (QED) is 0.632. The summed E-state index contributed by atoms with van der Waals surface area (Å²) in [5, 5.41) is 0. The van der Waals surface area contributed by atoms with Gasteiger partial charge in [0.1, 0.15) is 18.0 Å². The molecule has 1 aromatic carbocycles. The standard InChI is InChI=1S/C12H14O2/c1-8-2-4-10-9(6-8)3-5-11(14-10)12-7-13-12/h2,4,6,11-12H,3,5,7H2,1H3/t11-,12+/m1/s1. The minimum absolute atomic E-state index is 0.296. The van der Waals surface area contributed by atoms with Crippen molar-refractivity contribution in [3.05, 3.63) is 29.3 Å². The second-order valence-electron chi connectivity index (χ2n) is 4.18. The predicted molar refractivity (Wildman–Crippen MR) is 53.7 cm³/mol. The van der Waals surface area contributed by atoms with Gasteiger partial charge in [-0.05, 0) is 31.4 Å². The highest BCUT2D eigenvalue weighted by atomic mass is 16.6. The van der Waals surface area contributed by atoms with Gasteiger partial charge in [0.2, 0.25) is 0 Å². The summed E-state index contributed by atoms with van der Waals surface area (Å²) < 4.78 is 11.1. The molecule has 0 radical (unpaired) electrons. The van der Waals surface area contributed by atoms with E-state index in [9.17, 15) is 0 Å². The minimum atomic E-state index is 0.296. The molecule has 0 unspecified atom stereocenters. The molecular formula is C12H14O2. The van der Waals surface area contributed by atoms with E-state index in [2.05, 4.69) is 25.1 Å². The number of fused-ring (bicyclic) bond motifs is 1. The molecule has 2 aliphatic rings. The maximum atomic E-state index is 5.89. The molecule has 0 aliphatic carbocycles. The largest absolute Gasteiger partial charge is 0.487 e. The van der Waals surface area contributed by atoms with E-state index in [0.29, 0.717) is 12.2 Å². The molecule has 0 N–H and O–H groups in total. The van der Waals surface area contributed by atoms with Crippen LogP contribution in [-0.2, 0) is 11.2 Å². The molecule has 0 saturated carbocycles. The van der Waals surface area contributed by atoms with Crippen LogP contribution in [0.1, 0.15) is 17.5 Å². The van der Waals surface area contributed by atoms with Gasteiger partial charge in [-0.15, -0.1) is 0 Å². The lowest BCUT2D eigenvalue weighted by atomic mass is 9.99. The Bertz CT molecular complexity index is 355. The summed E-state index contributed by atoms with van der Waals surface area (Å²) >= 11 is 0. The van der Waals surface area contributed by atoms with Gasteiger partial charge in [0.15, 0.2) is 0 Å². The van der Waals surface area contributed by atoms with Crippen LogP contribution in [0.4, 0.5) is 0 Å². The fraction of sp³-hybridized carbons (Fsp3) is 0.500. The van der Waals surface area contributed by atoms with Gasteiger partial charge in [0.25, 0.3) is 0 Å². The number of hydrogen-bond acceptors (Lipinski definition) is 2. The van der Waals surface area contributed by atoms with Crippen LogP contribution in [0.3, 0.4) is 0 Å². The number of rotatable bonds is 1. The highest BCUT2D eigenvalue weighted by molar-refractivity contribution is 5.38. The van der Waals surface area contributed by atoms with Gasteiger partial charge in [-0.2, -0.15) is 0 Å². The van der Waals surface area contributed by atoms with E-state index >= 15 is 0 Å². The zero-order valence-electron chi connectivity index (χ0n) is 8.32. The van der Waals surface area contributed by atoms with Crippen LogP contribution in [0.15, 0.2) is 18.2 Å². The molecule has 0 spiro atoms. The topological polar surface area (TPSA) is 21.8 Å². The van der Waals surface area contributed by atoms with Gasteiger partial charge < -0.3 is 9.47 Å². The lowest BCUT2D eigenvalue weighted by molar-refractivity contribution is 0.136. The van der Waals surface area contributed by atoms with Gasteiger partial charge in [-0.25, -0.2) is 0 Å². The van der Waals surface area contributed by atoms with Crippen molar-refractivity contribution in [3.63, 3.8) is 0 Å². The van der Waals surface area contributed by atoms with Crippen LogP contribution in [0.25, 0.3) is 0 Å². The Balaban J connectivity index is 1.86. The van der Waals surface area contributed by atoms with Crippen LogP contribution < -0.4 is 4.74 Å². The van der Waals surface area contributed by atoms with E-state index in [-0.39, 0.29) is 0 Å². The Morgan fingerprint density at radius 1 is 1.29 bits per heavy atom. The Hall–Kier alpha value is -1.02. The van der Waals surface area contributed by atoms with Crippen molar-refractivity contribution in [2.24, 2.45) is 0 Å². The van der Waals surface area contributed by atoms with Crippen LogP contribution in [0.5, 0.6) is 5.75 Å². The fourth-order valence-corrected chi connectivity index (χ4v) is 2.07. The van der Waals surface area contributed by atoms with Crippen LogP contribution in [0.2, 0.25) is 0 Å². The molecule has 0 bridgehead atoms. The average Bonchev–Trinajstić information content (AvgIpc) is 3.00. The molecule has 0 aromatic heterocycles. The van der Waals surface area contributed by atoms with Crippen LogP contribution in [0, 0.1) is 6.92 Å². The van der Waals surface area contributed by atoms with Crippen molar-refractivity contribution >= 4 is 0 Å². The van der Waals surface area contributed by atoms with Crippen molar-refractivity contribution in [2.45, 2.75) is 32.0 Å². The van der Waals surface area contributed by atoms with E-state index in [4.69, 9.17) is 9.47 Å². The Kier molecular flexibility index (Phi) is 1.77. The van der Waals surface area contributed by atoms with Crippen molar-refractivity contribution in [3.8, 4) is 5.75 Å². The first-order chi connectivity index (χ1) is 6.83. The van der Waals surface area contributed by atoms with Gasteiger partial charge in [-0.1, -0.05) is 17.7 Å². The highest BCUT2D eigenvalue weighted by Gasteiger charge is 2.36. The monoisotopic (exact) mass is 190 g/mol. The molecule has 2 atom stereocenters. The maximum absolute atomic E-state index is 5.89. The molecule has 1 fully saturated rings. The molecule has 2 nitrogen and oxygen atoms in total. The second kappa shape index (κ2) is 2.99. The van der Waals surface area contributed by atoms with E-state index in [1.807, 2.05) is 0 Å². The summed E-state index contributed by atoms with van der Waals surface area (Å²) in [6.45, 7) is 3.00. The molecular weight excluding hydrogens is 176 g/mol. The van der Waals surface area contributed by atoms with Gasteiger partial charge in [-0.3, -0.25) is 0 Å². The molecule has 14 heavy (non-hydrogen) atoms. The lowest BCUT2D eigenvalue weighted by Gasteiger charge is -2.25. The van der Waals surface area contributed by atoms with Crippen molar-refractivity contribution in [2.75, 3.05) is 6.61 Å². The third-order valence-electron chi connectivity index (χ3n) is 2.97. The molecule has 2 heteroatoms. The van der Waals surface area contributed by atoms with E-state index in [1.54, 1.807) is 0 Å². The minimum Gasteiger partial charge on any atom is -0.487 e. The number of epoxide rings is 1. The molecule has 1 aromatic rings. The normalized spacial score (nSPS) is 29.2. The summed E-state index contributed by atoms with van der Waals surface area (Å²) in [6.07, 6.45) is 2.89. The Labute approximate surface area is 83.8 Å². The molecule has 1 saturated heterocycles. The zero-order valence-corrected chi connectivity index (χ0v) is 8.32. The van der Waals surface area contributed by atoms with Gasteiger partial charge in [0.05, 0.1) is 6.61 Å². The first kappa shape index (κ1) is 8.30. The van der Waals surface area contributed by atoms with Crippen LogP contribution >= 0.6 is 0 Å². The summed E-state index contributed by atoms with van der Waals surface area (Å²) in [4.78, 5) is 0. The molecule has 2 aliphatic heterocycles. The molecule has 0 amide bonds. The summed E-state index contributed by atoms with van der Waals surface area (Å²) in [5.41, 5.74) is 2.66. The molecule has 3 rings (SSSR count). The first-order valence-electron chi connectivity index (χ1n) is 5.21. The SMILES string of the molecule is Cc1ccc2c(c1)CC[C@H]([C@@H]1CO1)O2. The smallest absolute Gasteiger partial charge is 0.127 e. The summed E-state index contributed by atoms with van der Waals surface area (Å²) in [5.74, 6) is 1.06. The van der Waals surface area contributed by atoms with E-state index in [0.717, 1.165) is 25.2 Å². The second-order valence-corrected chi connectivity index (χ2v) is 4.18. The van der Waals surface area contributed by atoms with Crippen LogP contribution in [-0.4, -0.2) is 18.8 Å². The summed E-state index contributed by atoms with van der Waals surface area (Å²) in [7, 11) is 0. The fourth-order valence-electron chi connectivity index (χ4n) is 2.07. The lowest BCUT2D eigenvalue weighted by Crippen LogP contribution is -2.27. The number of ether oxygens (including phenoxy) is 2. The van der Waals surface area contributed by atoms with Gasteiger partial charge in [0, 0.05) is 0 Å². The number of benzene rings is 1. The molecule has 74 valence electrons. The van der Waals surface area contributed by atoms with E-state index < -0.39 is 0 Å². The van der Waals surface area contributed by atoms with Crippen molar-refractivity contribution < 1.29 is 9.47 Å². The molecule has 2 heterocycles. The highest BCUT2D eigenvalue weighted by Crippen LogP contribution is 2.32. The van der Waals surface area contributed by atoms with Gasteiger partial charge >= 0.3 is 0 Å². The first-order valence-corrected chi connectivity index (χ1v) is 5.21. The maximum Gasteiger partial charge on any atom is 0.127 e. The summed E-state index contributed by atoms with van der Waals surface area (Å²) in [6, 6.07) is 6.41. The Morgan fingerprint density at radius 2 is 2.14 bits per heavy atom. The van der Waals surface area contributed by atoms with E-state index in [1.165, 1.54) is 11.1 Å². The van der Waals surface area contributed by atoms with Crippen molar-refractivity contribution in [1.82, 2.24) is 0 Å². The van der Waals surface area contributed by atoms with Crippen molar-refractivity contribution in [1.29, 1.82) is 0 Å². The third kappa shape index (κ3) is 1.40. The number of aryl methyl sites for hydroxylation is 2. The predicted octanol–water partition coefficient (Wildman–Crippen LogP) is 2.09. The number of hydrogen-bond donors (Lipinski definition) is 0. The zero-order chi connectivity index (χ0) is 9.54. The average molecular weight is 190 g/mol. The third-order valence-corrected chi connectivity index (χ3v) is 2.97.